The fourth-order valence-electron chi connectivity index (χ4n) is 1.82. The fraction of sp³-hybridized carbons (Fsp3) is 0.571. The Balaban J connectivity index is 0.00000225. The van der Waals surface area contributed by atoms with Gasteiger partial charge in [-0.2, -0.15) is 0 Å². The summed E-state index contributed by atoms with van der Waals surface area (Å²) < 4.78 is 1.39. The van der Waals surface area contributed by atoms with Crippen molar-refractivity contribution in [1.82, 2.24) is 0 Å². The Morgan fingerprint density at radius 3 is 2.06 bits per heavy atom. The van der Waals surface area contributed by atoms with Crippen molar-refractivity contribution in [1.29, 1.82) is 0 Å². The van der Waals surface area contributed by atoms with Crippen molar-refractivity contribution in [2.45, 2.75) is 51.9 Å². The number of hydrogen-bond acceptors (Lipinski definition) is 0. The molecule has 86 valence electrons. The van der Waals surface area contributed by atoms with Crippen LogP contribution in [-0.2, 0) is 6.42 Å². The molecule has 0 bridgehead atoms. The Labute approximate surface area is 119 Å². The molecule has 0 aliphatic rings. The van der Waals surface area contributed by atoms with E-state index in [4.69, 9.17) is 0 Å². The minimum Gasteiger partial charge on any atom is -1.00 e. The maximum atomic E-state index is 2.27. The predicted molar refractivity (Wildman–Crippen MR) is 68.9 cm³/mol. The zero-order chi connectivity index (χ0) is 10.9. The van der Waals surface area contributed by atoms with E-state index in [1.165, 1.54) is 54.2 Å². The van der Waals surface area contributed by atoms with E-state index in [2.05, 4.69) is 31.2 Å². The third-order valence-electron chi connectivity index (χ3n) is 2.84. The predicted octanol–water partition coefficient (Wildman–Crippen LogP) is 0.387. The third-order valence-corrected chi connectivity index (χ3v) is 3.31. The van der Waals surface area contributed by atoms with Gasteiger partial charge in [-0.3, -0.25) is 0 Å². The van der Waals surface area contributed by atoms with E-state index in [9.17, 15) is 0 Å². The Kier molecular flexibility index (Phi) is 10.6. The molecule has 0 unspecified atom stereocenters. The van der Waals surface area contributed by atoms with Crippen LogP contribution in [0.2, 0.25) is 0 Å². The summed E-state index contributed by atoms with van der Waals surface area (Å²) in [7, 11) is 0. The van der Waals surface area contributed by atoms with Crippen LogP contribution in [0.5, 0.6) is 0 Å². The minimum absolute atomic E-state index is 0. The first-order chi connectivity index (χ1) is 7.33. The molecule has 0 nitrogen and oxygen atoms in total. The van der Waals surface area contributed by atoms with Gasteiger partial charge in [0.15, 0.2) is 0 Å². The quantitative estimate of drug-likeness (QED) is 0.484. The summed E-state index contributed by atoms with van der Waals surface area (Å²) in [6, 6.07) is 9.00. The second-order valence-electron chi connectivity index (χ2n) is 4.33. The average Bonchev–Trinajstić information content (AvgIpc) is 2.26. The summed E-state index contributed by atoms with van der Waals surface area (Å²) in [6.45, 7) is 2.27. The molecule has 0 radical (unpaired) electrons. The van der Waals surface area contributed by atoms with Gasteiger partial charge in [0.05, 0.1) is 0 Å². The molecule has 0 fully saturated rings. The van der Waals surface area contributed by atoms with Crippen LogP contribution in [0.4, 0.5) is 0 Å². The number of halogens is 1. The summed E-state index contributed by atoms with van der Waals surface area (Å²) in [5, 5.41) is 0. The second kappa shape index (κ2) is 10.4. The third kappa shape index (κ3) is 7.53. The summed E-state index contributed by atoms with van der Waals surface area (Å²) in [5.41, 5.74) is 1.50. The molecule has 0 aromatic heterocycles. The monoisotopic (exact) mass is 248 g/mol. The van der Waals surface area contributed by atoms with Crippen LogP contribution < -0.4 is 16.1 Å². The van der Waals surface area contributed by atoms with Gasteiger partial charge in [0.1, 0.15) is 0 Å². The van der Waals surface area contributed by atoms with Gasteiger partial charge in [-0.25, -0.2) is 0 Å². The molecule has 0 N–H and O–H groups in total. The Hall–Kier alpha value is 0.276. The van der Waals surface area contributed by atoms with Crippen molar-refractivity contribution in [3.8, 4) is 0 Å². The molecular weight excluding hydrogens is 228 g/mol. The SMILES string of the molecule is CCCCCCCCc1cc[c]([Mg+])cc1.[Cl-]. The van der Waals surface area contributed by atoms with Crippen LogP contribution >= 0.6 is 0 Å². The van der Waals surface area contributed by atoms with Gasteiger partial charge >= 0.3 is 107 Å². The first-order valence-corrected chi connectivity index (χ1v) is 6.94. The zero-order valence-electron chi connectivity index (χ0n) is 10.3. The molecular formula is C14H21ClMg. The van der Waals surface area contributed by atoms with Crippen LogP contribution in [0.1, 0.15) is 51.0 Å². The zero-order valence-corrected chi connectivity index (χ0v) is 12.5. The first kappa shape index (κ1) is 16.3. The Morgan fingerprint density at radius 1 is 0.875 bits per heavy atom. The molecule has 1 rings (SSSR count). The van der Waals surface area contributed by atoms with Gasteiger partial charge in [-0.1, -0.05) is 0 Å². The molecule has 0 spiro atoms. The van der Waals surface area contributed by atoms with Crippen molar-refractivity contribution in [2.75, 3.05) is 0 Å². The van der Waals surface area contributed by atoms with Crippen molar-refractivity contribution in [3.63, 3.8) is 0 Å². The fourth-order valence-corrected chi connectivity index (χ4v) is 2.05. The van der Waals surface area contributed by atoms with Gasteiger partial charge in [0.25, 0.3) is 0 Å². The van der Waals surface area contributed by atoms with Crippen LogP contribution in [0.3, 0.4) is 0 Å². The molecule has 16 heavy (non-hydrogen) atoms. The largest absolute Gasteiger partial charge is 1.00 e. The van der Waals surface area contributed by atoms with Gasteiger partial charge < -0.3 is 12.4 Å². The summed E-state index contributed by atoms with van der Waals surface area (Å²) in [5.74, 6) is 0. The normalized spacial score (nSPS) is 9.94. The molecule has 0 aliphatic carbocycles. The van der Waals surface area contributed by atoms with Crippen LogP contribution in [0.25, 0.3) is 0 Å². The summed E-state index contributed by atoms with van der Waals surface area (Å²) >= 11 is 1.95. The summed E-state index contributed by atoms with van der Waals surface area (Å²) in [6.07, 6.45) is 9.61. The molecule has 0 atom stereocenters. The van der Waals surface area contributed by atoms with Crippen molar-refractivity contribution < 1.29 is 12.4 Å². The topological polar surface area (TPSA) is 0 Å². The maximum absolute atomic E-state index is 2.27. The molecule has 0 amide bonds. The van der Waals surface area contributed by atoms with E-state index in [-0.39, 0.29) is 12.4 Å². The van der Waals surface area contributed by atoms with Crippen LogP contribution in [-0.4, -0.2) is 21.7 Å². The van der Waals surface area contributed by atoms with Gasteiger partial charge in [0.2, 0.25) is 0 Å². The van der Waals surface area contributed by atoms with Crippen LogP contribution in [0.15, 0.2) is 24.3 Å². The molecule has 1 aromatic carbocycles. The van der Waals surface area contributed by atoms with Gasteiger partial charge in [-0.15, -0.1) is 0 Å². The molecule has 0 saturated carbocycles. The number of unbranched alkanes of at least 4 members (excludes halogenated alkanes) is 5. The second-order valence-corrected chi connectivity index (χ2v) is 5.15. The number of benzene rings is 1. The van der Waals surface area contributed by atoms with E-state index >= 15 is 0 Å². The van der Waals surface area contributed by atoms with E-state index in [1.54, 1.807) is 0 Å². The maximum Gasteiger partial charge on any atom is -1.00 e. The van der Waals surface area contributed by atoms with E-state index < -0.39 is 0 Å². The number of hydrogen-bond donors (Lipinski definition) is 0. The van der Waals surface area contributed by atoms with Gasteiger partial charge in [0, 0.05) is 0 Å². The Morgan fingerprint density at radius 2 is 1.44 bits per heavy atom. The van der Waals surface area contributed by atoms with Crippen molar-refractivity contribution in [3.05, 3.63) is 29.8 Å². The molecule has 0 saturated heterocycles. The standard InChI is InChI=1S/C14H21.ClH.Mg/c1-2-3-4-5-6-8-11-14-12-9-7-10-13-14;;/h9-10,12-13H,2-6,8,11H2,1H3;1H;/q;;+1/p-1. The van der Waals surface area contributed by atoms with Crippen molar-refractivity contribution in [2.24, 2.45) is 0 Å². The Bertz CT molecular complexity index is 256. The number of aryl methyl sites for hydroxylation is 1. The molecule has 2 heteroatoms. The van der Waals surface area contributed by atoms with Gasteiger partial charge in [-0.05, 0) is 0 Å². The molecule has 0 aliphatic heterocycles. The van der Waals surface area contributed by atoms with Crippen LogP contribution in [0, 0.1) is 0 Å². The van der Waals surface area contributed by atoms with E-state index in [1.807, 2.05) is 21.7 Å². The molecule has 1 aromatic rings. The summed E-state index contributed by atoms with van der Waals surface area (Å²) in [4.78, 5) is 0. The smallest absolute Gasteiger partial charge is 1.00 e. The van der Waals surface area contributed by atoms with Crippen molar-refractivity contribution >= 4 is 25.4 Å². The number of rotatable bonds is 7. The minimum atomic E-state index is 0. The average molecular weight is 249 g/mol. The van der Waals surface area contributed by atoms with E-state index in [0.717, 1.165) is 0 Å². The first-order valence-electron chi connectivity index (χ1n) is 6.24. The van der Waals surface area contributed by atoms with E-state index in [0.29, 0.717) is 0 Å². The molecule has 0 heterocycles.